The van der Waals surface area contributed by atoms with Gasteiger partial charge in [-0.05, 0) is 63.9 Å². The fourth-order valence-corrected chi connectivity index (χ4v) is 12.2. The molecular weight excluding hydrogens is 1080 g/mol. The molecule has 0 aromatic heterocycles. The molecule has 0 aliphatic carbocycles. The molecule has 0 bridgehead atoms. The second-order valence-electron chi connectivity index (χ2n) is 27.2. The summed E-state index contributed by atoms with van der Waals surface area (Å²) >= 11 is 0. The molecular formula is C76H148N2O7P+. The smallest absolute Gasteiger partial charge is 0.456 e. The van der Waals surface area contributed by atoms with Crippen molar-refractivity contribution < 1.29 is 37.3 Å². The number of unbranched alkanes of at least 4 members (excludes halogenated alkanes) is 50. The zero-order valence-electron chi connectivity index (χ0n) is 58.3. The van der Waals surface area contributed by atoms with Crippen LogP contribution in [0.2, 0.25) is 0 Å². The summed E-state index contributed by atoms with van der Waals surface area (Å²) in [4.78, 5) is 38.0. The summed E-state index contributed by atoms with van der Waals surface area (Å²) in [6.45, 7) is 7.06. The van der Waals surface area contributed by atoms with Gasteiger partial charge in [0.1, 0.15) is 19.3 Å². The number of nitrogens with zero attached hydrogens (tertiary/aromatic N) is 1. The molecule has 0 saturated carbocycles. The maximum atomic E-state index is 13.6. The van der Waals surface area contributed by atoms with Crippen LogP contribution in [0, 0.1) is 0 Å². The highest BCUT2D eigenvalue weighted by molar-refractivity contribution is 7.47. The van der Waals surface area contributed by atoms with Crippen LogP contribution in [0.1, 0.15) is 387 Å². The number of phosphoric acid groups is 1. The largest absolute Gasteiger partial charge is 0.472 e. The minimum absolute atomic E-state index is 0.0437. The molecule has 0 heterocycles. The minimum Gasteiger partial charge on any atom is -0.456 e. The van der Waals surface area contributed by atoms with Crippen LogP contribution in [-0.4, -0.2) is 74.3 Å². The predicted octanol–water partition coefficient (Wildman–Crippen LogP) is 24.2. The van der Waals surface area contributed by atoms with Gasteiger partial charge in [-0.2, -0.15) is 0 Å². The first-order valence-corrected chi connectivity index (χ1v) is 39.3. The van der Waals surface area contributed by atoms with E-state index < -0.39 is 20.0 Å². The number of phosphoric ester groups is 1. The molecule has 9 nitrogen and oxygen atoms in total. The van der Waals surface area contributed by atoms with E-state index in [0.29, 0.717) is 23.9 Å². The van der Waals surface area contributed by atoms with Gasteiger partial charge in [0.25, 0.3) is 0 Å². The number of quaternary nitrogens is 1. The Hall–Kier alpha value is -1.77. The molecule has 0 aliphatic heterocycles. The molecule has 0 aliphatic rings. The van der Waals surface area contributed by atoms with Gasteiger partial charge in [0.05, 0.1) is 33.8 Å². The molecule has 0 rings (SSSR count). The zero-order chi connectivity index (χ0) is 62.8. The van der Waals surface area contributed by atoms with Crippen molar-refractivity contribution in [3.63, 3.8) is 0 Å². The van der Waals surface area contributed by atoms with Crippen LogP contribution in [-0.2, 0) is 27.9 Å². The fraction of sp³-hybridized carbons (Fsp3) is 0.895. The average Bonchev–Trinajstić information content (AvgIpc) is 3.69. The van der Waals surface area contributed by atoms with Crippen LogP contribution in [0.15, 0.2) is 36.5 Å². The lowest BCUT2D eigenvalue weighted by Crippen LogP contribution is -2.47. The molecule has 0 radical (unpaired) electrons. The molecule has 3 unspecified atom stereocenters. The van der Waals surface area contributed by atoms with Crippen LogP contribution in [0.3, 0.4) is 0 Å². The number of rotatable bonds is 70. The van der Waals surface area contributed by atoms with Crippen molar-refractivity contribution >= 4 is 19.7 Å². The van der Waals surface area contributed by atoms with Crippen molar-refractivity contribution in [1.29, 1.82) is 0 Å². The predicted molar refractivity (Wildman–Crippen MR) is 374 cm³/mol. The standard InChI is InChI=1S/C76H147N2O7P/c1-7-10-13-16-19-22-25-28-30-32-34-36-38-39-41-42-44-46-48-50-53-56-59-62-65-68-75(79)77-73(72-84-86(81,82)83-71-70-78(4,5)6)74(67-64-61-58-55-52-27-24-21-18-15-12-9-3)85-76(80)69-66-63-60-57-54-51-49-47-45-43-40-37-35-33-31-29-26-23-20-17-14-11-8-2/h19,22,28,30,64,67,73-74H,7-18,20-21,23-27,29,31-63,65-66,68-72H2,1-6H3,(H-,77,79,81,82)/p+1/b22-19-,30-28-,67-64+. The second kappa shape index (κ2) is 66.2. The molecule has 0 saturated heterocycles. The summed E-state index contributed by atoms with van der Waals surface area (Å²) < 4.78 is 30.9. The summed E-state index contributed by atoms with van der Waals surface area (Å²) in [5, 5.41) is 3.08. The van der Waals surface area contributed by atoms with Gasteiger partial charge in [-0.15, -0.1) is 0 Å². The molecule has 86 heavy (non-hydrogen) atoms. The third kappa shape index (κ3) is 66.6. The molecule has 0 fully saturated rings. The van der Waals surface area contributed by atoms with E-state index >= 15 is 0 Å². The first-order chi connectivity index (χ1) is 41.9. The summed E-state index contributed by atoms with van der Waals surface area (Å²) in [6, 6.07) is -0.845. The molecule has 0 aromatic rings. The normalized spacial score (nSPS) is 13.6. The van der Waals surface area contributed by atoms with Crippen LogP contribution in [0.4, 0.5) is 0 Å². The number of esters is 1. The Kier molecular flexibility index (Phi) is 64.8. The Labute approximate surface area is 536 Å². The maximum absolute atomic E-state index is 13.6. The van der Waals surface area contributed by atoms with Gasteiger partial charge in [0.2, 0.25) is 5.91 Å². The molecule has 508 valence electrons. The van der Waals surface area contributed by atoms with Crippen molar-refractivity contribution in [2.24, 2.45) is 0 Å². The summed E-state index contributed by atoms with van der Waals surface area (Å²) in [6.07, 6.45) is 83.1. The van der Waals surface area contributed by atoms with E-state index in [1.54, 1.807) is 0 Å². The van der Waals surface area contributed by atoms with E-state index in [4.69, 9.17) is 13.8 Å². The maximum Gasteiger partial charge on any atom is 0.472 e. The van der Waals surface area contributed by atoms with E-state index in [0.717, 1.165) is 64.2 Å². The van der Waals surface area contributed by atoms with Gasteiger partial charge in [0, 0.05) is 12.8 Å². The number of amides is 1. The number of carbonyl (C=O) groups is 2. The Balaban J connectivity index is 4.96. The van der Waals surface area contributed by atoms with Crippen LogP contribution < -0.4 is 5.32 Å². The quantitative estimate of drug-likeness (QED) is 0.0205. The van der Waals surface area contributed by atoms with E-state index in [1.807, 2.05) is 27.2 Å². The summed E-state index contributed by atoms with van der Waals surface area (Å²) in [5.41, 5.74) is 0. The van der Waals surface area contributed by atoms with E-state index in [1.165, 1.54) is 289 Å². The van der Waals surface area contributed by atoms with Crippen LogP contribution in [0.25, 0.3) is 0 Å². The highest BCUT2D eigenvalue weighted by atomic mass is 31.2. The fourth-order valence-electron chi connectivity index (χ4n) is 11.5. The van der Waals surface area contributed by atoms with Crippen LogP contribution in [0.5, 0.6) is 0 Å². The molecule has 0 spiro atoms. The highest BCUT2D eigenvalue weighted by Gasteiger charge is 2.30. The lowest BCUT2D eigenvalue weighted by molar-refractivity contribution is -0.870. The van der Waals surface area contributed by atoms with Crippen molar-refractivity contribution in [3.05, 3.63) is 36.5 Å². The van der Waals surface area contributed by atoms with Crippen molar-refractivity contribution in [2.75, 3.05) is 40.9 Å². The lowest BCUT2D eigenvalue weighted by Gasteiger charge is -2.27. The first-order valence-electron chi connectivity index (χ1n) is 37.8. The number of carbonyl (C=O) groups excluding carboxylic acids is 2. The Bertz CT molecular complexity index is 1560. The van der Waals surface area contributed by atoms with E-state index in [9.17, 15) is 19.0 Å². The first kappa shape index (κ1) is 84.2. The molecule has 0 aromatic carbocycles. The topological polar surface area (TPSA) is 111 Å². The Morgan fingerprint density at radius 1 is 0.407 bits per heavy atom. The minimum atomic E-state index is -4.45. The van der Waals surface area contributed by atoms with Gasteiger partial charge < -0.3 is 19.4 Å². The van der Waals surface area contributed by atoms with Crippen molar-refractivity contribution in [3.8, 4) is 0 Å². The SMILES string of the molecule is CCCCC/C=C\C/C=C\CCCCCCCCCCCCCCCCCC(=O)NC(COP(=O)(O)OCC[N+](C)(C)C)C(/C=C/CCCCCCCCCCCC)OC(=O)CCCCCCCCCCCCCCCCCCCCCCCCC. The van der Waals surface area contributed by atoms with Gasteiger partial charge in [-0.1, -0.05) is 347 Å². The number of hydrogen-bond donors (Lipinski definition) is 2. The average molecular weight is 1230 g/mol. The molecule has 1 amide bonds. The molecule has 10 heteroatoms. The Morgan fingerprint density at radius 3 is 1.07 bits per heavy atom. The molecule has 3 atom stereocenters. The number of nitrogens with one attached hydrogen (secondary N) is 1. The van der Waals surface area contributed by atoms with Gasteiger partial charge in [-0.3, -0.25) is 18.6 Å². The number of allylic oxidation sites excluding steroid dienone is 5. The number of likely N-dealkylation sites (N-methyl/N-ethyl adjacent to an activating group) is 1. The van der Waals surface area contributed by atoms with Gasteiger partial charge in [0.15, 0.2) is 0 Å². The van der Waals surface area contributed by atoms with Crippen LogP contribution >= 0.6 is 7.82 Å². The zero-order valence-corrected chi connectivity index (χ0v) is 59.2. The summed E-state index contributed by atoms with van der Waals surface area (Å²) in [5.74, 6) is -0.481. The lowest BCUT2D eigenvalue weighted by atomic mass is 10.0. The second-order valence-corrected chi connectivity index (χ2v) is 28.6. The van der Waals surface area contributed by atoms with E-state index in [2.05, 4.69) is 56.5 Å². The van der Waals surface area contributed by atoms with Gasteiger partial charge >= 0.3 is 13.8 Å². The molecule has 2 N–H and O–H groups in total. The highest BCUT2D eigenvalue weighted by Crippen LogP contribution is 2.43. The number of hydrogen-bond acceptors (Lipinski definition) is 6. The third-order valence-electron chi connectivity index (χ3n) is 17.3. The van der Waals surface area contributed by atoms with Crippen molar-refractivity contribution in [1.82, 2.24) is 5.32 Å². The third-order valence-corrected chi connectivity index (χ3v) is 18.3. The Morgan fingerprint density at radius 2 is 0.709 bits per heavy atom. The van der Waals surface area contributed by atoms with Crippen molar-refractivity contribution in [2.45, 2.75) is 399 Å². The number of ether oxygens (including phenoxy) is 1. The summed E-state index contributed by atoms with van der Waals surface area (Å²) in [7, 11) is 1.52. The monoisotopic (exact) mass is 1230 g/mol. The van der Waals surface area contributed by atoms with Gasteiger partial charge in [-0.25, -0.2) is 4.57 Å². The van der Waals surface area contributed by atoms with E-state index in [-0.39, 0.29) is 25.1 Å².